The molecule has 0 atom stereocenters. The Morgan fingerprint density at radius 2 is 2.07 bits per heavy atom. The molecular weight excluding hydrogens is 422 g/mol. The van der Waals surface area contributed by atoms with Crippen LogP contribution in [0.15, 0.2) is 17.3 Å². The molecule has 154 valence electrons. The molecule has 3 heterocycles. The molecule has 2 aromatic heterocycles. The number of sulfonamides is 1. The highest BCUT2D eigenvalue weighted by molar-refractivity contribution is 7.99. The highest BCUT2D eigenvalue weighted by Crippen LogP contribution is 2.24. The van der Waals surface area contributed by atoms with Gasteiger partial charge in [-0.25, -0.2) is 13.1 Å². The van der Waals surface area contributed by atoms with E-state index in [1.54, 1.807) is 6.07 Å². The van der Waals surface area contributed by atoms with Gasteiger partial charge < -0.3 is 9.64 Å². The van der Waals surface area contributed by atoms with Crippen LogP contribution in [0.1, 0.15) is 14.5 Å². The first-order valence-electron chi connectivity index (χ1n) is 8.75. The first kappa shape index (κ1) is 21.2. The first-order valence-corrected chi connectivity index (χ1v) is 12.4. The van der Waals surface area contributed by atoms with Gasteiger partial charge in [-0.3, -0.25) is 9.36 Å². The summed E-state index contributed by atoms with van der Waals surface area (Å²) in [5, 5.41) is 9.15. The number of hydrogen-bond donors (Lipinski definition) is 1. The SMILES string of the molecule is Cn1c(SCC(=O)c2ccc(CCNS(C)(=O)=O)s2)nnc1N1CCOCC1. The van der Waals surface area contributed by atoms with Crippen molar-refractivity contribution in [3.63, 3.8) is 0 Å². The molecule has 28 heavy (non-hydrogen) atoms. The maximum atomic E-state index is 12.5. The predicted molar refractivity (Wildman–Crippen MR) is 110 cm³/mol. The standard InChI is InChI=1S/C16H23N5O4S3/c1-20-15(21-7-9-25-10-8-21)18-19-16(20)26-11-13(22)14-4-3-12(27-14)5-6-17-28(2,23)24/h3-4,17H,5-11H2,1-2H3. The zero-order valence-electron chi connectivity index (χ0n) is 15.8. The number of hydrogen-bond acceptors (Lipinski definition) is 9. The number of aromatic nitrogens is 3. The number of Topliss-reactive ketones (excluding diaryl/α,β-unsaturated/α-hetero) is 1. The summed E-state index contributed by atoms with van der Waals surface area (Å²) >= 11 is 2.76. The third kappa shape index (κ3) is 5.77. The van der Waals surface area contributed by atoms with Crippen LogP contribution in [0, 0.1) is 0 Å². The number of nitrogens with zero attached hydrogens (tertiary/aromatic N) is 4. The minimum absolute atomic E-state index is 0.0215. The van der Waals surface area contributed by atoms with E-state index in [4.69, 9.17) is 4.74 Å². The smallest absolute Gasteiger partial charge is 0.227 e. The van der Waals surface area contributed by atoms with Gasteiger partial charge in [0.2, 0.25) is 16.0 Å². The number of morpholine rings is 1. The highest BCUT2D eigenvalue weighted by Gasteiger charge is 2.19. The highest BCUT2D eigenvalue weighted by atomic mass is 32.2. The van der Waals surface area contributed by atoms with Crippen LogP contribution < -0.4 is 9.62 Å². The number of carbonyl (C=O) groups excluding carboxylic acids is 1. The molecule has 9 nitrogen and oxygen atoms in total. The average Bonchev–Trinajstić information content (AvgIpc) is 3.26. The van der Waals surface area contributed by atoms with Gasteiger partial charge in [0, 0.05) is 31.6 Å². The Bertz CT molecular complexity index is 919. The Kier molecular flexibility index (Phi) is 7.10. The van der Waals surface area contributed by atoms with Crippen molar-refractivity contribution in [3.8, 4) is 0 Å². The second-order valence-corrected chi connectivity index (χ2v) is 10.3. The number of ketones is 1. The minimum atomic E-state index is -3.19. The van der Waals surface area contributed by atoms with Crippen LogP contribution in [-0.2, 0) is 28.2 Å². The number of thioether (sulfide) groups is 1. The number of ether oxygens (including phenoxy) is 1. The van der Waals surface area contributed by atoms with Crippen LogP contribution in [0.3, 0.4) is 0 Å². The summed E-state index contributed by atoms with van der Waals surface area (Å²) in [7, 11) is -1.30. The Hall–Kier alpha value is -1.47. The van der Waals surface area contributed by atoms with Gasteiger partial charge in [0.15, 0.2) is 10.9 Å². The largest absolute Gasteiger partial charge is 0.378 e. The second-order valence-electron chi connectivity index (χ2n) is 6.34. The molecule has 1 fully saturated rings. The van der Waals surface area contributed by atoms with Gasteiger partial charge in [-0.15, -0.1) is 21.5 Å². The van der Waals surface area contributed by atoms with E-state index in [1.807, 2.05) is 17.7 Å². The number of nitrogens with one attached hydrogen (secondary N) is 1. The molecule has 0 spiro atoms. The summed E-state index contributed by atoms with van der Waals surface area (Å²) in [6.45, 7) is 3.23. The molecule has 3 rings (SSSR count). The fourth-order valence-corrected chi connectivity index (χ4v) is 4.99. The fraction of sp³-hybridized carbons (Fsp3) is 0.562. The molecule has 2 aromatic rings. The second kappa shape index (κ2) is 9.35. The zero-order chi connectivity index (χ0) is 20.1. The number of rotatable bonds is 9. The van der Waals surface area contributed by atoms with Gasteiger partial charge in [0.1, 0.15) is 0 Å². The van der Waals surface area contributed by atoms with Crippen molar-refractivity contribution in [2.75, 3.05) is 49.8 Å². The lowest BCUT2D eigenvalue weighted by Crippen LogP contribution is -2.37. The Balaban J connectivity index is 1.52. The van der Waals surface area contributed by atoms with Crippen molar-refractivity contribution in [1.82, 2.24) is 19.5 Å². The van der Waals surface area contributed by atoms with Gasteiger partial charge in [-0.2, -0.15) is 0 Å². The quantitative estimate of drug-likeness (QED) is 0.446. The predicted octanol–water partition coefficient (Wildman–Crippen LogP) is 0.780. The van der Waals surface area contributed by atoms with Crippen LogP contribution in [-0.4, -0.2) is 73.8 Å². The summed E-state index contributed by atoms with van der Waals surface area (Å²) in [4.78, 5) is 16.2. The summed E-state index contributed by atoms with van der Waals surface area (Å²) in [6, 6.07) is 3.66. The van der Waals surface area contributed by atoms with Gasteiger partial charge in [0.25, 0.3) is 0 Å². The van der Waals surface area contributed by atoms with Crippen molar-refractivity contribution >= 4 is 44.9 Å². The van der Waals surface area contributed by atoms with Gasteiger partial charge in [-0.1, -0.05) is 11.8 Å². The lowest BCUT2D eigenvalue weighted by Gasteiger charge is -2.27. The van der Waals surface area contributed by atoms with Crippen molar-refractivity contribution in [2.45, 2.75) is 11.6 Å². The molecule has 0 radical (unpaired) electrons. The zero-order valence-corrected chi connectivity index (χ0v) is 18.2. The van der Waals surface area contributed by atoms with E-state index in [1.165, 1.54) is 23.1 Å². The van der Waals surface area contributed by atoms with E-state index in [0.29, 0.717) is 36.2 Å². The molecule has 0 aliphatic carbocycles. The molecule has 1 N–H and O–H groups in total. The summed E-state index contributed by atoms with van der Waals surface area (Å²) in [5.41, 5.74) is 0. The average molecular weight is 446 g/mol. The Morgan fingerprint density at radius 3 is 2.79 bits per heavy atom. The van der Waals surface area contributed by atoms with Crippen molar-refractivity contribution in [3.05, 3.63) is 21.9 Å². The van der Waals surface area contributed by atoms with E-state index in [0.717, 1.165) is 30.2 Å². The molecule has 1 saturated heterocycles. The number of thiophene rings is 1. The maximum absolute atomic E-state index is 12.5. The molecule has 12 heteroatoms. The number of anilines is 1. The Morgan fingerprint density at radius 1 is 1.32 bits per heavy atom. The topological polar surface area (TPSA) is 106 Å². The monoisotopic (exact) mass is 445 g/mol. The molecule has 0 aromatic carbocycles. The van der Waals surface area contributed by atoms with Crippen molar-refractivity contribution in [1.29, 1.82) is 0 Å². The van der Waals surface area contributed by atoms with Crippen molar-refractivity contribution in [2.24, 2.45) is 7.05 Å². The van der Waals surface area contributed by atoms with Crippen LogP contribution in [0.5, 0.6) is 0 Å². The summed E-state index contributed by atoms with van der Waals surface area (Å²) in [6.07, 6.45) is 1.69. The lowest BCUT2D eigenvalue weighted by atomic mass is 10.3. The van der Waals surface area contributed by atoms with Crippen LogP contribution in [0.4, 0.5) is 5.95 Å². The van der Waals surface area contributed by atoms with E-state index < -0.39 is 10.0 Å². The van der Waals surface area contributed by atoms with Gasteiger partial charge in [0.05, 0.1) is 30.1 Å². The van der Waals surface area contributed by atoms with Crippen LogP contribution in [0.2, 0.25) is 0 Å². The Labute approximate surface area is 172 Å². The molecule has 1 aliphatic heterocycles. The number of carbonyl (C=O) groups is 1. The fourth-order valence-electron chi connectivity index (χ4n) is 2.69. The van der Waals surface area contributed by atoms with E-state index in [9.17, 15) is 13.2 Å². The van der Waals surface area contributed by atoms with Crippen molar-refractivity contribution < 1.29 is 17.9 Å². The molecule has 0 unspecified atom stereocenters. The van der Waals surface area contributed by atoms with E-state index in [-0.39, 0.29) is 11.5 Å². The van der Waals surface area contributed by atoms with Crippen LogP contribution >= 0.6 is 23.1 Å². The third-order valence-electron chi connectivity index (χ3n) is 4.11. The lowest BCUT2D eigenvalue weighted by molar-refractivity contribution is 0.102. The third-order valence-corrected chi connectivity index (χ3v) is 7.05. The summed E-state index contributed by atoms with van der Waals surface area (Å²) < 4.78 is 31.9. The summed E-state index contributed by atoms with van der Waals surface area (Å²) in [5.74, 6) is 1.08. The molecule has 0 saturated carbocycles. The first-order chi connectivity index (χ1) is 13.3. The van der Waals surface area contributed by atoms with E-state index in [2.05, 4.69) is 19.8 Å². The van der Waals surface area contributed by atoms with E-state index >= 15 is 0 Å². The normalized spacial score (nSPS) is 15.1. The van der Waals surface area contributed by atoms with Gasteiger partial charge >= 0.3 is 0 Å². The van der Waals surface area contributed by atoms with Gasteiger partial charge in [-0.05, 0) is 18.6 Å². The molecular formula is C16H23N5O4S3. The molecule has 1 aliphatic rings. The molecule has 0 amide bonds. The maximum Gasteiger partial charge on any atom is 0.227 e. The van der Waals surface area contributed by atoms with Crippen LogP contribution in [0.25, 0.3) is 0 Å². The minimum Gasteiger partial charge on any atom is -0.378 e. The molecule has 0 bridgehead atoms.